The van der Waals surface area contributed by atoms with E-state index >= 15 is 0 Å². The molecule has 176 valence electrons. The number of H-pyrrole nitrogens is 1. The van der Waals surface area contributed by atoms with Gasteiger partial charge in [-0.2, -0.15) is 0 Å². The largest absolute Gasteiger partial charge is 0.349 e. The number of hydrogen-bond donors (Lipinski definition) is 3. The Morgan fingerprint density at radius 1 is 0.914 bits per heavy atom. The van der Waals surface area contributed by atoms with Crippen LogP contribution in [0.15, 0.2) is 72.8 Å². The fourth-order valence-electron chi connectivity index (χ4n) is 5.13. The van der Waals surface area contributed by atoms with Gasteiger partial charge in [-0.1, -0.05) is 43.2 Å². The number of carbonyl (C=O) groups is 2. The van der Waals surface area contributed by atoms with Gasteiger partial charge < -0.3 is 15.6 Å². The summed E-state index contributed by atoms with van der Waals surface area (Å²) in [4.78, 5) is 33.3. The third-order valence-electron chi connectivity index (χ3n) is 7.22. The zero-order chi connectivity index (χ0) is 23.8. The molecule has 2 aliphatic rings. The van der Waals surface area contributed by atoms with E-state index in [0.717, 1.165) is 47.4 Å². The summed E-state index contributed by atoms with van der Waals surface area (Å²) in [6.07, 6.45) is 5.39. The lowest BCUT2D eigenvalue weighted by Crippen LogP contribution is -2.32. The van der Waals surface area contributed by atoms with E-state index in [2.05, 4.69) is 32.7 Å². The number of anilines is 1. The highest BCUT2D eigenvalue weighted by Crippen LogP contribution is 2.47. The second kappa shape index (κ2) is 9.02. The Hall–Kier alpha value is -3.93. The molecule has 2 fully saturated rings. The molecule has 35 heavy (non-hydrogen) atoms. The number of benzene rings is 3. The lowest BCUT2D eigenvalue weighted by molar-refractivity contribution is -0.117. The maximum absolute atomic E-state index is 12.7. The Morgan fingerprint density at radius 3 is 2.46 bits per heavy atom. The van der Waals surface area contributed by atoms with Crippen molar-refractivity contribution >= 4 is 28.5 Å². The molecule has 6 nitrogen and oxygen atoms in total. The summed E-state index contributed by atoms with van der Waals surface area (Å²) in [5, 5.41) is 6.18. The first-order chi connectivity index (χ1) is 17.1. The van der Waals surface area contributed by atoms with Crippen LogP contribution in [0.3, 0.4) is 0 Å². The predicted octanol–water partition coefficient (Wildman–Crippen LogP) is 5.64. The van der Waals surface area contributed by atoms with Crippen molar-refractivity contribution in [1.29, 1.82) is 0 Å². The summed E-state index contributed by atoms with van der Waals surface area (Å²) in [5.74, 6) is 1.13. The molecule has 0 aliphatic heterocycles. The predicted molar refractivity (Wildman–Crippen MR) is 137 cm³/mol. The highest BCUT2D eigenvalue weighted by atomic mass is 16.2. The molecule has 0 saturated heterocycles. The number of fused-ring (bicyclic) bond motifs is 1. The van der Waals surface area contributed by atoms with Gasteiger partial charge in [-0.3, -0.25) is 9.59 Å². The van der Waals surface area contributed by atoms with Crippen molar-refractivity contribution in [2.45, 2.75) is 44.1 Å². The highest BCUT2D eigenvalue weighted by molar-refractivity contribution is 5.98. The van der Waals surface area contributed by atoms with Gasteiger partial charge in [0.05, 0.1) is 11.0 Å². The van der Waals surface area contributed by atoms with Gasteiger partial charge in [-0.05, 0) is 73.2 Å². The van der Waals surface area contributed by atoms with Crippen LogP contribution in [0, 0.1) is 5.92 Å². The molecule has 3 N–H and O–H groups in total. The minimum atomic E-state index is -0.0276. The molecule has 2 saturated carbocycles. The zero-order valence-electron chi connectivity index (χ0n) is 19.5. The first kappa shape index (κ1) is 21.6. The van der Waals surface area contributed by atoms with Crippen molar-refractivity contribution in [2.75, 3.05) is 5.32 Å². The van der Waals surface area contributed by atoms with Crippen LogP contribution in [0.4, 0.5) is 5.69 Å². The molecule has 1 aromatic heterocycles. The minimum Gasteiger partial charge on any atom is -0.349 e. The first-order valence-electron chi connectivity index (χ1n) is 12.4. The third-order valence-corrected chi connectivity index (χ3v) is 7.22. The Labute approximate surface area is 204 Å². The summed E-state index contributed by atoms with van der Waals surface area (Å²) < 4.78 is 0. The summed E-state index contributed by atoms with van der Waals surface area (Å²) in [6, 6.07) is 23.8. The average Bonchev–Trinajstić information content (AvgIpc) is 3.31. The topological polar surface area (TPSA) is 86.9 Å². The van der Waals surface area contributed by atoms with E-state index in [4.69, 9.17) is 0 Å². The summed E-state index contributed by atoms with van der Waals surface area (Å²) in [5.41, 5.74) is 5.22. The Kier molecular flexibility index (Phi) is 5.57. The van der Waals surface area contributed by atoms with Crippen LogP contribution in [-0.4, -0.2) is 27.8 Å². The van der Waals surface area contributed by atoms with Crippen LogP contribution in [0.25, 0.3) is 22.4 Å². The second-order valence-electron chi connectivity index (χ2n) is 9.70. The van der Waals surface area contributed by atoms with Crippen LogP contribution in [0.2, 0.25) is 0 Å². The number of amides is 2. The minimum absolute atomic E-state index is 0.0276. The Bertz CT molecular complexity index is 1370. The van der Waals surface area contributed by atoms with Crippen molar-refractivity contribution in [3.8, 4) is 11.4 Å². The van der Waals surface area contributed by atoms with Gasteiger partial charge in [-0.15, -0.1) is 0 Å². The number of aromatic amines is 1. The number of imidazole rings is 1. The number of carbonyl (C=O) groups excluding carboxylic acids is 2. The molecule has 2 atom stereocenters. The number of aromatic nitrogens is 2. The fourth-order valence-corrected chi connectivity index (χ4v) is 5.13. The molecule has 3 aromatic carbocycles. The quantitative estimate of drug-likeness (QED) is 0.345. The number of rotatable bonds is 6. The van der Waals surface area contributed by atoms with Crippen LogP contribution in [-0.2, 0) is 4.79 Å². The smallest absolute Gasteiger partial charge is 0.251 e. The molecule has 4 aromatic rings. The van der Waals surface area contributed by atoms with E-state index in [1.165, 1.54) is 18.4 Å². The lowest BCUT2D eigenvalue weighted by atomic mass is 10.1. The zero-order valence-corrected chi connectivity index (χ0v) is 19.5. The molecule has 6 heteroatoms. The Morgan fingerprint density at radius 2 is 1.69 bits per heavy atom. The number of nitrogens with one attached hydrogen (secondary N) is 3. The normalized spacial score (nSPS) is 19.5. The standard InChI is InChI=1S/C29H28N4O2/c34-28(30-21-8-4-5-9-21)20-12-15-25-26(16-20)33-27(32-25)19-10-13-22(14-11-19)31-29(35)24-17-23(24)18-6-2-1-3-7-18/h1-3,6-7,10-16,21,23-24H,4-5,8-9,17H2,(H,30,34)(H,31,35)(H,32,33). The molecule has 2 amide bonds. The number of nitrogens with zero attached hydrogens (tertiary/aromatic N) is 1. The van der Waals surface area contributed by atoms with Crippen LogP contribution in [0.5, 0.6) is 0 Å². The van der Waals surface area contributed by atoms with Crippen LogP contribution >= 0.6 is 0 Å². The van der Waals surface area contributed by atoms with Crippen molar-refractivity contribution < 1.29 is 9.59 Å². The molecular formula is C29H28N4O2. The molecule has 6 rings (SSSR count). The molecule has 0 bridgehead atoms. The maximum Gasteiger partial charge on any atom is 0.251 e. The van der Waals surface area contributed by atoms with Crippen molar-refractivity contribution in [3.05, 3.63) is 83.9 Å². The van der Waals surface area contributed by atoms with E-state index in [0.29, 0.717) is 17.5 Å². The van der Waals surface area contributed by atoms with E-state index < -0.39 is 0 Å². The third kappa shape index (κ3) is 4.56. The Balaban J connectivity index is 1.12. The van der Waals surface area contributed by atoms with E-state index in [-0.39, 0.29) is 17.7 Å². The molecule has 0 spiro atoms. The van der Waals surface area contributed by atoms with E-state index in [1.54, 1.807) is 0 Å². The van der Waals surface area contributed by atoms with Crippen LogP contribution < -0.4 is 10.6 Å². The van der Waals surface area contributed by atoms with Gasteiger partial charge >= 0.3 is 0 Å². The van der Waals surface area contributed by atoms with Crippen molar-refractivity contribution in [2.24, 2.45) is 5.92 Å². The van der Waals surface area contributed by atoms with Crippen molar-refractivity contribution in [3.63, 3.8) is 0 Å². The van der Waals surface area contributed by atoms with Crippen molar-refractivity contribution in [1.82, 2.24) is 15.3 Å². The molecule has 1 heterocycles. The monoisotopic (exact) mass is 464 g/mol. The van der Waals surface area contributed by atoms with Gasteiger partial charge in [0.2, 0.25) is 5.91 Å². The SMILES string of the molecule is O=C(NC1CCCC1)c1ccc2nc(-c3ccc(NC(=O)C4CC4c4ccccc4)cc3)[nH]c2c1. The summed E-state index contributed by atoms with van der Waals surface area (Å²) in [6.45, 7) is 0. The van der Waals surface area contributed by atoms with Crippen LogP contribution in [0.1, 0.15) is 53.9 Å². The number of hydrogen-bond acceptors (Lipinski definition) is 3. The van der Waals surface area contributed by atoms with Gasteiger partial charge in [0.1, 0.15) is 5.82 Å². The molecule has 2 unspecified atom stereocenters. The summed E-state index contributed by atoms with van der Waals surface area (Å²) >= 11 is 0. The van der Waals surface area contributed by atoms with E-state index in [1.807, 2.05) is 60.7 Å². The second-order valence-corrected chi connectivity index (χ2v) is 9.70. The van der Waals surface area contributed by atoms with Gasteiger partial charge in [0, 0.05) is 28.8 Å². The average molecular weight is 465 g/mol. The molecular weight excluding hydrogens is 436 g/mol. The van der Waals surface area contributed by atoms with Gasteiger partial charge in [0.25, 0.3) is 5.91 Å². The summed E-state index contributed by atoms with van der Waals surface area (Å²) in [7, 11) is 0. The fraction of sp³-hybridized carbons (Fsp3) is 0.276. The van der Waals surface area contributed by atoms with Gasteiger partial charge in [0.15, 0.2) is 0 Å². The molecule has 0 radical (unpaired) electrons. The first-order valence-corrected chi connectivity index (χ1v) is 12.4. The highest BCUT2D eigenvalue weighted by Gasteiger charge is 2.43. The van der Waals surface area contributed by atoms with E-state index in [9.17, 15) is 9.59 Å². The lowest BCUT2D eigenvalue weighted by Gasteiger charge is -2.11. The maximum atomic E-state index is 12.7. The molecule has 2 aliphatic carbocycles. The van der Waals surface area contributed by atoms with Gasteiger partial charge in [-0.25, -0.2) is 4.98 Å².